The lowest BCUT2D eigenvalue weighted by atomic mass is 10.0. The molecular weight excluding hydrogens is 390 g/mol. The van der Waals surface area contributed by atoms with Gasteiger partial charge in [0.15, 0.2) is 11.5 Å². The Hall–Kier alpha value is -2.50. The van der Waals surface area contributed by atoms with Gasteiger partial charge in [-0.05, 0) is 67.3 Å². The van der Waals surface area contributed by atoms with Crippen molar-refractivity contribution < 1.29 is 13.9 Å². The Morgan fingerprint density at radius 1 is 1.10 bits per heavy atom. The van der Waals surface area contributed by atoms with E-state index in [2.05, 4.69) is 17.0 Å². The molecule has 6 heteroatoms. The molecule has 2 aliphatic rings. The molecular formula is C23H22ClNO4. The normalized spacial score (nSPS) is 19.0. The Labute approximate surface area is 173 Å². The van der Waals surface area contributed by atoms with E-state index in [9.17, 15) is 4.79 Å². The molecule has 2 aromatic carbocycles. The van der Waals surface area contributed by atoms with E-state index in [0.29, 0.717) is 30.4 Å². The van der Waals surface area contributed by atoms with Gasteiger partial charge in [0.05, 0.1) is 0 Å². The lowest BCUT2D eigenvalue weighted by Gasteiger charge is -2.27. The van der Waals surface area contributed by atoms with Gasteiger partial charge < -0.3 is 13.9 Å². The second kappa shape index (κ2) is 7.39. The van der Waals surface area contributed by atoms with Gasteiger partial charge in [0.2, 0.25) is 0 Å². The zero-order chi connectivity index (χ0) is 20.0. The summed E-state index contributed by atoms with van der Waals surface area (Å²) in [5.41, 5.74) is 3.32. The Bertz CT molecular complexity index is 1140. The first kappa shape index (κ1) is 18.5. The van der Waals surface area contributed by atoms with Crippen molar-refractivity contribution in [1.82, 2.24) is 4.90 Å². The summed E-state index contributed by atoms with van der Waals surface area (Å²) >= 11 is 6.35. The van der Waals surface area contributed by atoms with Crippen molar-refractivity contribution in [1.29, 1.82) is 0 Å². The Kier molecular flexibility index (Phi) is 4.72. The van der Waals surface area contributed by atoms with Gasteiger partial charge in [-0.3, -0.25) is 4.90 Å². The fourth-order valence-electron chi connectivity index (χ4n) is 4.36. The number of hydrogen-bond donors (Lipinski definition) is 0. The molecule has 0 bridgehead atoms. The lowest BCUT2D eigenvalue weighted by molar-refractivity contribution is 0.170. The number of fused-ring (bicyclic) bond motifs is 2. The van der Waals surface area contributed by atoms with Crippen LogP contribution in [0, 0.1) is 6.92 Å². The van der Waals surface area contributed by atoms with Crippen molar-refractivity contribution in [3.63, 3.8) is 0 Å². The van der Waals surface area contributed by atoms with Gasteiger partial charge >= 0.3 is 5.63 Å². The highest BCUT2D eigenvalue weighted by Gasteiger charge is 2.28. The highest BCUT2D eigenvalue weighted by molar-refractivity contribution is 6.32. The second-order valence-electron chi connectivity index (χ2n) is 7.72. The van der Waals surface area contributed by atoms with Gasteiger partial charge in [-0.2, -0.15) is 0 Å². The van der Waals surface area contributed by atoms with Gasteiger partial charge in [0, 0.05) is 29.1 Å². The monoisotopic (exact) mass is 411 g/mol. The Morgan fingerprint density at radius 3 is 2.79 bits per heavy atom. The summed E-state index contributed by atoms with van der Waals surface area (Å²) in [5, 5.41) is 1.57. The van der Waals surface area contributed by atoms with E-state index in [4.69, 9.17) is 25.5 Å². The molecule has 0 saturated carbocycles. The third-order valence-corrected chi connectivity index (χ3v) is 6.20. The average molecular weight is 412 g/mol. The molecule has 1 atom stereocenters. The topological polar surface area (TPSA) is 51.9 Å². The highest BCUT2D eigenvalue weighted by atomic mass is 35.5. The molecule has 0 aliphatic carbocycles. The lowest BCUT2D eigenvalue weighted by Crippen LogP contribution is -2.24. The molecule has 1 unspecified atom stereocenters. The minimum atomic E-state index is -0.329. The minimum Gasteiger partial charge on any atom is -0.486 e. The molecule has 1 fully saturated rings. The van der Waals surface area contributed by atoms with E-state index in [1.165, 1.54) is 5.56 Å². The predicted molar refractivity (Wildman–Crippen MR) is 112 cm³/mol. The van der Waals surface area contributed by atoms with Crippen molar-refractivity contribution in [2.24, 2.45) is 0 Å². The van der Waals surface area contributed by atoms with E-state index in [-0.39, 0.29) is 11.7 Å². The van der Waals surface area contributed by atoms with Crippen molar-refractivity contribution in [2.75, 3.05) is 19.8 Å². The van der Waals surface area contributed by atoms with Crippen LogP contribution in [0.3, 0.4) is 0 Å². The van der Waals surface area contributed by atoms with Crippen LogP contribution in [0.4, 0.5) is 0 Å². The van der Waals surface area contributed by atoms with Crippen LogP contribution in [0.15, 0.2) is 45.6 Å². The van der Waals surface area contributed by atoms with E-state index in [0.717, 1.165) is 47.4 Å². The number of ether oxygens (including phenoxy) is 2. The largest absolute Gasteiger partial charge is 0.486 e. The molecule has 0 amide bonds. The van der Waals surface area contributed by atoms with Gasteiger partial charge in [0.25, 0.3) is 0 Å². The van der Waals surface area contributed by atoms with Crippen LogP contribution >= 0.6 is 11.6 Å². The molecule has 3 aromatic rings. The molecule has 0 spiro atoms. The van der Waals surface area contributed by atoms with Crippen LogP contribution in [0.1, 0.15) is 35.6 Å². The third kappa shape index (κ3) is 3.49. The van der Waals surface area contributed by atoms with Crippen molar-refractivity contribution in [3.8, 4) is 11.5 Å². The maximum Gasteiger partial charge on any atom is 0.336 e. The number of benzene rings is 2. The number of nitrogens with zero attached hydrogens (tertiary/aromatic N) is 1. The van der Waals surface area contributed by atoms with Crippen LogP contribution in [-0.4, -0.2) is 24.7 Å². The van der Waals surface area contributed by atoms with Crippen molar-refractivity contribution >= 4 is 22.6 Å². The van der Waals surface area contributed by atoms with Crippen LogP contribution in [0.5, 0.6) is 11.5 Å². The zero-order valence-corrected chi connectivity index (χ0v) is 17.0. The first-order chi connectivity index (χ1) is 14.1. The fourth-order valence-corrected chi connectivity index (χ4v) is 4.52. The predicted octanol–water partition coefficient (Wildman–Crippen LogP) is 4.86. The third-order valence-electron chi connectivity index (χ3n) is 5.80. The summed E-state index contributed by atoms with van der Waals surface area (Å²) in [5.74, 6) is 1.62. The number of hydrogen-bond acceptors (Lipinski definition) is 5. The zero-order valence-electron chi connectivity index (χ0n) is 16.2. The van der Waals surface area contributed by atoms with Crippen molar-refractivity contribution in [2.45, 2.75) is 32.4 Å². The number of likely N-dealkylation sites (tertiary alicyclic amines) is 1. The molecule has 2 aliphatic heterocycles. The second-order valence-corrected chi connectivity index (χ2v) is 8.13. The van der Waals surface area contributed by atoms with Gasteiger partial charge in [-0.25, -0.2) is 4.79 Å². The molecule has 29 heavy (non-hydrogen) atoms. The minimum absolute atomic E-state index is 0.272. The molecule has 5 nitrogen and oxygen atoms in total. The molecule has 0 radical (unpaired) electrons. The Morgan fingerprint density at radius 2 is 1.93 bits per heavy atom. The molecule has 5 rings (SSSR count). The van der Waals surface area contributed by atoms with Crippen molar-refractivity contribution in [3.05, 3.63) is 68.5 Å². The molecule has 150 valence electrons. The summed E-state index contributed by atoms with van der Waals surface area (Å²) in [6.45, 7) is 4.72. The molecule has 0 N–H and O–H groups in total. The van der Waals surface area contributed by atoms with Gasteiger partial charge in [-0.1, -0.05) is 17.7 Å². The Balaban J connectivity index is 1.49. The van der Waals surface area contributed by atoms with E-state index in [1.54, 1.807) is 6.07 Å². The summed E-state index contributed by atoms with van der Waals surface area (Å²) in [6.07, 6.45) is 2.18. The van der Waals surface area contributed by atoms with Crippen LogP contribution in [0.2, 0.25) is 5.02 Å². The first-order valence-corrected chi connectivity index (χ1v) is 10.3. The van der Waals surface area contributed by atoms with Crippen LogP contribution < -0.4 is 15.1 Å². The van der Waals surface area contributed by atoms with Gasteiger partial charge in [-0.15, -0.1) is 0 Å². The number of rotatable bonds is 3. The standard InChI is InChI=1S/C23H22ClNO4/c1-14-9-21-17(12-18(14)24)16(11-23(26)29-21)13-25-6-2-3-19(25)15-4-5-20-22(10-15)28-8-7-27-20/h4-5,9-12,19H,2-3,6-8,13H2,1H3. The number of halogens is 1. The fraction of sp³-hybridized carbons (Fsp3) is 0.348. The molecule has 1 saturated heterocycles. The summed E-state index contributed by atoms with van der Waals surface area (Å²) in [6, 6.07) is 11.8. The van der Waals surface area contributed by atoms with Crippen LogP contribution in [-0.2, 0) is 6.54 Å². The van der Waals surface area contributed by atoms with E-state index in [1.807, 2.05) is 25.1 Å². The highest BCUT2D eigenvalue weighted by Crippen LogP contribution is 2.39. The molecule has 1 aromatic heterocycles. The quantitative estimate of drug-likeness (QED) is 0.576. The summed E-state index contributed by atoms with van der Waals surface area (Å²) in [4.78, 5) is 14.5. The molecule has 3 heterocycles. The van der Waals surface area contributed by atoms with E-state index < -0.39 is 0 Å². The number of aryl methyl sites for hydroxylation is 1. The van der Waals surface area contributed by atoms with Gasteiger partial charge in [0.1, 0.15) is 18.8 Å². The smallest absolute Gasteiger partial charge is 0.336 e. The maximum atomic E-state index is 12.1. The first-order valence-electron chi connectivity index (χ1n) is 9.95. The van der Waals surface area contributed by atoms with Crippen LogP contribution in [0.25, 0.3) is 11.0 Å². The maximum absolute atomic E-state index is 12.1. The SMILES string of the molecule is Cc1cc2oc(=O)cc(CN3CCCC3c3ccc4c(c3)OCCO4)c2cc1Cl. The average Bonchev–Trinajstić information content (AvgIpc) is 3.17. The van der Waals surface area contributed by atoms with E-state index >= 15 is 0 Å². The summed E-state index contributed by atoms with van der Waals surface area (Å²) in [7, 11) is 0. The summed E-state index contributed by atoms with van der Waals surface area (Å²) < 4.78 is 16.8.